The Hall–Kier alpha value is -1.97. The number of aliphatic imine (C=N–C) groups is 1. The van der Waals surface area contributed by atoms with Crippen molar-refractivity contribution in [3.05, 3.63) is 41.5 Å². The maximum absolute atomic E-state index is 5.55. The molecule has 0 atom stereocenters. The summed E-state index contributed by atoms with van der Waals surface area (Å²) in [6.07, 6.45) is 8.64. The summed E-state index contributed by atoms with van der Waals surface area (Å²) in [7, 11) is 0. The average Bonchev–Trinajstić information content (AvgIpc) is 3.18. The molecule has 0 radical (unpaired) electrons. The van der Waals surface area contributed by atoms with Crippen LogP contribution in [0.25, 0.3) is 0 Å². The van der Waals surface area contributed by atoms with Crippen molar-refractivity contribution < 1.29 is 4.74 Å². The molecule has 1 aliphatic heterocycles. The zero-order valence-electron chi connectivity index (χ0n) is 13.3. The van der Waals surface area contributed by atoms with Crippen molar-refractivity contribution in [3.8, 4) is 5.75 Å². The smallest absolute Gasteiger partial charge is 0.191 e. The fourth-order valence-electron chi connectivity index (χ4n) is 2.94. The van der Waals surface area contributed by atoms with E-state index in [9.17, 15) is 0 Å². The summed E-state index contributed by atoms with van der Waals surface area (Å²) in [5.74, 6) is 1.98. The van der Waals surface area contributed by atoms with Gasteiger partial charge in [-0.15, -0.1) is 0 Å². The Labute approximate surface area is 132 Å². The van der Waals surface area contributed by atoms with Crippen molar-refractivity contribution in [1.29, 1.82) is 0 Å². The lowest BCUT2D eigenvalue weighted by Gasteiger charge is -2.16. The number of guanidine groups is 1. The molecule has 4 heteroatoms. The predicted molar refractivity (Wildman–Crippen MR) is 90.6 cm³/mol. The molecular formula is C18H25N3O. The fourth-order valence-corrected chi connectivity index (χ4v) is 2.94. The number of hydrogen-bond acceptors (Lipinski definition) is 2. The molecule has 0 amide bonds. The summed E-state index contributed by atoms with van der Waals surface area (Å²) in [6.45, 7) is 4.61. The van der Waals surface area contributed by atoms with Crippen molar-refractivity contribution in [1.82, 2.24) is 10.6 Å². The van der Waals surface area contributed by atoms with Crippen LogP contribution in [0.5, 0.6) is 5.75 Å². The van der Waals surface area contributed by atoms with Gasteiger partial charge < -0.3 is 15.4 Å². The van der Waals surface area contributed by atoms with Gasteiger partial charge in [0.1, 0.15) is 5.75 Å². The topological polar surface area (TPSA) is 45.7 Å². The maximum atomic E-state index is 5.55. The Morgan fingerprint density at radius 2 is 2.18 bits per heavy atom. The number of ether oxygens (including phenoxy) is 1. The van der Waals surface area contributed by atoms with Gasteiger partial charge in [0, 0.05) is 25.6 Å². The van der Waals surface area contributed by atoms with Crippen LogP contribution in [-0.4, -0.2) is 31.7 Å². The van der Waals surface area contributed by atoms with Crippen LogP contribution in [0, 0.1) is 0 Å². The minimum atomic E-state index is 0.495. The highest BCUT2D eigenvalue weighted by Crippen LogP contribution is 2.25. The molecule has 1 aromatic rings. The van der Waals surface area contributed by atoms with Crippen LogP contribution in [0.1, 0.15) is 30.9 Å². The maximum Gasteiger partial charge on any atom is 0.191 e. The minimum Gasteiger partial charge on any atom is -0.493 e. The van der Waals surface area contributed by atoms with Gasteiger partial charge in [-0.05, 0) is 43.4 Å². The molecule has 1 heterocycles. The lowest BCUT2D eigenvalue weighted by molar-refractivity contribution is 0.357. The third-order valence-corrected chi connectivity index (χ3v) is 4.12. The van der Waals surface area contributed by atoms with E-state index >= 15 is 0 Å². The summed E-state index contributed by atoms with van der Waals surface area (Å²) in [6, 6.07) is 7.00. The second kappa shape index (κ2) is 7.34. The molecule has 4 nitrogen and oxygen atoms in total. The van der Waals surface area contributed by atoms with Gasteiger partial charge in [-0.25, -0.2) is 0 Å². The summed E-state index contributed by atoms with van der Waals surface area (Å²) >= 11 is 0. The molecular weight excluding hydrogens is 274 g/mol. The van der Waals surface area contributed by atoms with Crippen LogP contribution in [-0.2, 0) is 12.8 Å². The number of rotatable bonds is 5. The lowest BCUT2D eigenvalue weighted by Crippen LogP contribution is -2.42. The second-order valence-electron chi connectivity index (χ2n) is 5.84. The van der Waals surface area contributed by atoms with Gasteiger partial charge >= 0.3 is 0 Å². The molecule has 0 spiro atoms. The van der Waals surface area contributed by atoms with Gasteiger partial charge in [-0.3, -0.25) is 4.99 Å². The van der Waals surface area contributed by atoms with Gasteiger partial charge in [0.2, 0.25) is 0 Å². The number of nitrogens with zero attached hydrogens (tertiary/aromatic N) is 1. The normalized spacial score (nSPS) is 17.4. The Morgan fingerprint density at radius 1 is 1.32 bits per heavy atom. The highest BCUT2D eigenvalue weighted by molar-refractivity contribution is 5.80. The number of fused-ring (bicyclic) bond motifs is 1. The van der Waals surface area contributed by atoms with Crippen molar-refractivity contribution in [2.75, 3.05) is 19.7 Å². The van der Waals surface area contributed by atoms with Crippen LogP contribution < -0.4 is 15.4 Å². The lowest BCUT2D eigenvalue weighted by atomic mass is 10.1. The van der Waals surface area contributed by atoms with Gasteiger partial charge in [-0.1, -0.05) is 24.3 Å². The van der Waals surface area contributed by atoms with Crippen LogP contribution in [0.4, 0.5) is 0 Å². The summed E-state index contributed by atoms with van der Waals surface area (Å²) in [4.78, 5) is 4.70. The first-order valence-corrected chi connectivity index (χ1v) is 8.29. The van der Waals surface area contributed by atoms with Gasteiger partial charge in [-0.2, -0.15) is 0 Å². The van der Waals surface area contributed by atoms with E-state index in [4.69, 9.17) is 9.73 Å². The monoisotopic (exact) mass is 299 g/mol. The number of benzene rings is 1. The van der Waals surface area contributed by atoms with E-state index in [1.165, 1.54) is 11.1 Å². The van der Waals surface area contributed by atoms with E-state index in [-0.39, 0.29) is 0 Å². The van der Waals surface area contributed by atoms with Crippen LogP contribution in [0.15, 0.2) is 35.3 Å². The Balaban J connectivity index is 1.54. The zero-order valence-corrected chi connectivity index (χ0v) is 13.3. The van der Waals surface area contributed by atoms with Crippen LogP contribution in [0.2, 0.25) is 0 Å². The third-order valence-electron chi connectivity index (χ3n) is 4.12. The first-order valence-electron chi connectivity index (χ1n) is 8.29. The molecule has 2 N–H and O–H groups in total. The van der Waals surface area contributed by atoms with Gasteiger partial charge in [0.05, 0.1) is 6.61 Å². The quantitative estimate of drug-likeness (QED) is 0.499. The zero-order chi connectivity index (χ0) is 15.2. The molecule has 0 unspecified atom stereocenters. The highest BCUT2D eigenvalue weighted by atomic mass is 16.5. The molecule has 118 valence electrons. The molecule has 22 heavy (non-hydrogen) atoms. The molecule has 0 aromatic heterocycles. The van der Waals surface area contributed by atoms with E-state index in [1.807, 2.05) is 0 Å². The Kier molecular flexibility index (Phi) is 4.99. The highest BCUT2D eigenvalue weighted by Gasteiger charge is 2.13. The summed E-state index contributed by atoms with van der Waals surface area (Å²) in [5, 5.41) is 6.83. The van der Waals surface area contributed by atoms with Crippen LogP contribution in [0.3, 0.4) is 0 Å². The Bertz CT molecular complexity index is 557. The summed E-state index contributed by atoms with van der Waals surface area (Å²) < 4.78 is 5.55. The van der Waals surface area contributed by atoms with E-state index in [0.29, 0.717) is 6.04 Å². The molecule has 0 bridgehead atoms. The number of nitrogens with one attached hydrogen (secondary N) is 2. The minimum absolute atomic E-state index is 0.495. The standard InChI is InChI=1S/C18H25N3O/c1-2-19-18(21-16-5-3-4-6-16)20-11-9-14-7-8-17-15(13-14)10-12-22-17/h3-4,7-8,13,16H,2,5-6,9-12H2,1H3,(H2,19,20,21). The third kappa shape index (κ3) is 3.81. The largest absolute Gasteiger partial charge is 0.493 e. The van der Waals surface area contributed by atoms with Gasteiger partial charge in [0.15, 0.2) is 5.96 Å². The molecule has 0 saturated heterocycles. The van der Waals surface area contributed by atoms with Gasteiger partial charge in [0.25, 0.3) is 0 Å². The van der Waals surface area contributed by atoms with Crippen molar-refractivity contribution >= 4 is 5.96 Å². The van der Waals surface area contributed by atoms with Crippen molar-refractivity contribution in [2.45, 2.75) is 38.6 Å². The van der Waals surface area contributed by atoms with E-state index in [2.05, 4.69) is 47.9 Å². The SMILES string of the molecule is CCNC(=NCCc1ccc2c(c1)CCO2)NC1CC=CC1. The molecule has 3 rings (SSSR count). The first-order chi connectivity index (χ1) is 10.8. The van der Waals surface area contributed by atoms with E-state index in [1.54, 1.807) is 0 Å². The van der Waals surface area contributed by atoms with E-state index in [0.717, 1.165) is 57.1 Å². The van der Waals surface area contributed by atoms with Crippen LogP contribution >= 0.6 is 0 Å². The number of hydrogen-bond donors (Lipinski definition) is 2. The van der Waals surface area contributed by atoms with Crippen molar-refractivity contribution in [2.24, 2.45) is 4.99 Å². The fraction of sp³-hybridized carbons (Fsp3) is 0.500. The first kappa shape index (κ1) is 14.9. The summed E-state index contributed by atoms with van der Waals surface area (Å²) in [5.41, 5.74) is 2.68. The molecule has 2 aliphatic rings. The molecule has 1 aromatic carbocycles. The average molecular weight is 299 g/mol. The predicted octanol–water partition coefficient (Wildman–Crippen LogP) is 2.44. The molecule has 0 fully saturated rings. The molecule has 1 aliphatic carbocycles. The van der Waals surface area contributed by atoms with Crippen molar-refractivity contribution in [3.63, 3.8) is 0 Å². The Morgan fingerprint density at radius 3 is 3.00 bits per heavy atom. The second-order valence-corrected chi connectivity index (χ2v) is 5.84. The molecule has 0 saturated carbocycles. The van der Waals surface area contributed by atoms with E-state index < -0.39 is 0 Å².